The summed E-state index contributed by atoms with van der Waals surface area (Å²) in [5.41, 5.74) is 5.56. The van der Waals surface area contributed by atoms with Crippen LogP contribution in [0.1, 0.15) is 25.6 Å². The van der Waals surface area contributed by atoms with E-state index in [1.54, 1.807) is 0 Å². The van der Waals surface area contributed by atoms with Gasteiger partial charge in [0, 0.05) is 27.3 Å². The van der Waals surface area contributed by atoms with Crippen molar-refractivity contribution in [2.24, 2.45) is 5.73 Å². The fourth-order valence-corrected chi connectivity index (χ4v) is 3.48. The van der Waals surface area contributed by atoms with E-state index in [0.717, 1.165) is 17.4 Å². The van der Waals surface area contributed by atoms with Crippen LogP contribution < -0.4 is 10.5 Å². The molecule has 0 fully saturated rings. The first-order chi connectivity index (χ1) is 11.9. The Kier molecular flexibility index (Phi) is 4.37. The van der Waals surface area contributed by atoms with Crippen LogP contribution in [0.4, 0.5) is 8.78 Å². The summed E-state index contributed by atoms with van der Waals surface area (Å²) in [7, 11) is 0. The maximum Gasteiger partial charge on any atom is 0.346 e. The molecule has 0 aliphatic rings. The number of ether oxygens (including phenoxy) is 1. The summed E-state index contributed by atoms with van der Waals surface area (Å²) in [4.78, 5) is 22.3. The van der Waals surface area contributed by atoms with Crippen molar-refractivity contribution < 1.29 is 28.2 Å². The van der Waals surface area contributed by atoms with Gasteiger partial charge in [-0.2, -0.15) is 0 Å². The number of halogens is 2. The fraction of sp³-hybridized carbons (Fsp3) is 0.0588. The summed E-state index contributed by atoms with van der Waals surface area (Å²) < 4.78 is 33.2. The molecular weight excluding hydrogens is 352 g/mol. The molecule has 5 nitrogen and oxygen atoms in total. The third-order valence-corrected chi connectivity index (χ3v) is 4.69. The molecule has 8 heteroatoms. The van der Waals surface area contributed by atoms with E-state index in [0.29, 0.717) is 17.4 Å². The molecule has 3 rings (SSSR count). The zero-order valence-electron chi connectivity index (χ0n) is 12.6. The molecule has 0 radical (unpaired) electrons. The van der Waals surface area contributed by atoms with Crippen LogP contribution in [-0.4, -0.2) is 17.0 Å². The molecular formula is C17H11F2NO4S. The highest BCUT2D eigenvalue weighted by Crippen LogP contribution is 2.34. The average Bonchev–Trinajstić information content (AvgIpc) is 2.92. The number of fused-ring (bicyclic) bond motifs is 1. The van der Waals surface area contributed by atoms with E-state index in [4.69, 9.17) is 10.5 Å². The number of carbonyl (C=O) groups is 2. The zero-order chi connectivity index (χ0) is 18.1. The topological polar surface area (TPSA) is 89.6 Å². The Hall–Kier alpha value is -3.00. The van der Waals surface area contributed by atoms with E-state index in [9.17, 15) is 23.5 Å². The molecule has 0 aliphatic carbocycles. The highest BCUT2D eigenvalue weighted by Gasteiger charge is 2.21. The number of nitrogens with two attached hydrogens (primary N) is 1. The second-order valence-corrected chi connectivity index (χ2v) is 6.21. The first kappa shape index (κ1) is 16.8. The molecule has 0 atom stereocenters. The van der Waals surface area contributed by atoms with Gasteiger partial charge in [-0.25, -0.2) is 13.6 Å². The molecule has 128 valence electrons. The van der Waals surface area contributed by atoms with Crippen molar-refractivity contribution in [3.05, 3.63) is 64.0 Å². The summed E-state index contributed by atoms with van der Waals surface area (Å²) >= 11 is 0.781. The quantitative estimate of drug-likeness (QED) is 0.725. The standard InChI is InChI=1S/C17H11F2NO4S/c18-9-5-12(19)14-11(15(17(22)23)25-13(14)6-9)7-24-10-3-1-8(2-4-10)16(20)21/h1-6H,7H2,(H2,20,21)(H,22,23). The van der Waals surface area contributed by atoms with Crippen LogP contribution in [-0.2, 0) is 6.61 Å². The van der Waals surface area contributed by atoms with Crippen LogP contribution in [0.3, 0.4) is 0 Å². The molecule has 3 N–H and O–H groups in total. The van der Waals surface area contributed by atoms with Crippen molar-refractivity contribution in [3.8, 4) is 5.75 Å². The second-order valence-electron chi connectivity index (χ2n) is 5.15. The highest BCUT2D eigenvalue weighted by molar-refractivity contribution is 7.21. The van der Waals surface area contributed by atoms with Gasteiger partial charge >= 0.3 is 5.97 Å². The van der Waals surface area contributed by atoms with Crippen molar-refractivity contribution in [1.82, 2.24) is 0 Å². The lowest BCUT2D eigenvalue weighted by atomic mass is 10.1. The Morgan fingerprint density at radius 2 is 1.84 bits per heavy atom. The van der Waals surface area contributed by atoms with Gasteiger partial charge in [0.25, 0.3) is 0 Å². The molecule has 0 unspecified atom stereocenters. The summed E-state index contributed by atoms with van der Waals surface area (Å²) in [5, 5.41) is 9.33. The number of rotatable bonds is 5. The minimum Gasteiger partial charge on any atom is -0.489 e. The van der Waals surface area contributed by atoms with Crippen LogP contribution in [0.25, 0.3) is 10.1 Å². The molecule has 25 heavy (non-hydrogen) atoms. The van der Waals surface area contributed by atoms with Gasteiger partial charge in [0.2, 0.25) is 5.91 Å². The van der Waals surface area contributed by atoms with Gasteiger partial charge in [-0.15, -0.1) is 11.3 Å². The third kappa shape index (κ3) is 3.29. The normalized spacial score (nSPS) is 10.8. The minimum absolute atomic E-state index is 0.0255. The lowest BCUT2D eigenvalue weighted by Gasteiger charge is -2.07. The molecule has 0 aliphatic heterocycles. The number of thiophene rings is 1. The Labute approximate surface area is 144 Å². The van der Waals surface area contributed by atoms with Crippen LogP contribution >= 0.6 is 11.3 Å². The summed E-state index contributed by atoms with van der Waals surface area (Å²) in [6.45, 7) is -0.222. The SMILES string of the molecule is NC(=O)c1ccc(OCc2c(C(=O)O)sc3cc(F)cc(F)c23)cc1. The number of carboxylic acids is 1. The predicted octanol–water partition coefficient (Wildman–Crippen LogP) is 3.56. The molecule has 1 aromatic heterocycles. The molecule has 1 amide bonds. The summed E-state index contributed by atoms with van der Waals surface area (Å²) in [5.74, 6) is -3.11. The largest absolute Gasteiger partial charge is 0.489 e. The Morgan fingerprint density at radius 1 is 1.16 bits per heavy atom. The van der Waals surface area contributed by atoms with Gasteiger partial charge in [0.15, 0.2) is 0 Å². The predicted molar refractivity (Wildman–Crippen MR) is 88.0 cm³/mol. The maximum absolute atomic E-state index is 14.1. The van der Waals surface area contributed by atoms with Crippen molar-refractivity contribution >= 4 is 33.3 Å². The number of primary amides is 1. The molecule has 0 spiro atoms. The van der Waals surface area contributed by atoms with E-state index in [2.05, 4.69) is 0 Å². The highest BCUT2D eigenvalue weighted by atomic mass is 32.1. The van der Waals surface area contributed by atoms with Crippen LogP contribution in [0.2, 0.25) is 0 Å². The second kappa shape index (κ2) is 6.48. The van der Waals surface area contributed by atoms with Crippen molar-refractivity contribution in [3.63, 3.8) is 0 Å². The fourth-order valence-electron chi connectivity index (χ4n) is 2.39. The van der Waals surface area contributed by atoms with Crippen LogP contribution in [0.15, 0.2) is 36.4 Å². The van der Waals surface area contributed by atoms with Crippen LogP contribution in [0.5, 0.6) is 5.75 Å². The molecule has 1 heterocycles. The van der Waals surface area contributed by atoms with E-state index in [1.165, 1.54) is 24.3 Å². The van der Waals surface area contributed by atoms with Gasteiger partial charge in [-0.1, -0.05) is 0 Å². The van der Waals surface area contributed by atoms with Gasteiger partial charge in [-0.05, 0) is 30.3 Å². The molecule has 3 aromatic rings. The average molecular weight is 363 g/mol. The lowest BCUT2D eigenvalue weighted by Crippen LogP contribution is -2.10. The van der Waals surface area contributed by atoms with E-state index in [-0.39, 0.29) is 27.1 Å². The molecule has 0 bridgehead atoms. The van der Waals surface area contributed by atoms with E-state index in [1.807, 2.05) is 0 Å². The van der Waals surface area contributed by atoms with Crippen LogP contribution in [0, 0.1) is 11.6 Å². The molecule has 0 saturated carbocycles. The Balaban J connectivity index is 1.96. The lowest BCUT2D eigenvalue weighted by molar-refractivity contribution is 0.0699. The minimum atomic E-state index is -1.25. The zero-order valence-corrected chi connectivity index (χ0v) is 13.4. The third-order valence-electron chi connectivity index (χ3n) is 3.52. The van der Waals surface area contributed by atoms with Crippen molar-refractivity contribution in [2.75, 3.05) is 0 Å². The van der Waals surface area contributed by atoms with Crippen molar-refractivity contribution in [1.29, 1.82) is 0 Å². The monoisotopic (exact) mass is 363 g/mol. The van der Waals surface area contributed by atoms with Gasteiger partial charge < -0.3 is 15.6 Å². The van der Waals surface area contributed by atoms with E-state index >= 15 is 0 Å². The van der Waals surface area contributed by atoms with E-state index < -0.39 is 23.5 Å². The number of benzene rings is 2. The number of hydrogen-bond donors (Lipinski definition) is 2. The number of carbonyl (C=O) groups excluding carboxylic acids is 1. The Morgan fingerprint density at radius 3 is 2.44 bits per heavy atom. The summed E-state index contributed by atoms with van der Waals surface area (Å²) in [6.07, 6.45) is 0. The smallest absolute Gasteiger partial charge is 0.346 e. The Bertz CT molecular complexity index is 982. The first-order valence-corrected chi connectivity index (χ1v) is 7.85. The summed E-state index contributed by atoms with van der Waals surface area (Å²) in [6, 6.07) is 7.68. The van der Waals surface area contributed by atoms with Gasteiger partial charge in [0.05, 0.1) is 0 Å². The van der Waals surface area contributed by atoms with Crippen molar-refractivity contribution in [2.45, 2.75) is 6.61 Å². The number of aromatic carboxylic acids is 1. The van der Waals surface area contributed by atoms with Gasteiger partial charge in [0.1, 0.15) is 28.9 Å². The number of amides is 1. The maximum atomic E-state index is 14.1. The molecule has 2 aromatic carbocycles. The first-order valence-electron chi connectivity index (χ1n) is 7.03. The number of hydrogen-bond acceptors (Lipinski definition) is 4. The van der Waals surface area contributed by atoms with Gasteiger partial charge in [-0.3, -0.25) is 4.79 Å². The number of carboxylic acid groups (broad SMARTS) is 1. The molecule has 0 saturated heterocycles.